The van der Waals surface area contributed by atoms with E-state index in [0.717, 1.165) is 5.75 Å². The van der Waals surface area contributed by atoms with Crippen molar-refractivity contribution in [2.24, 2.45) is 0 Å². The van der Waals surface area contributed by atoms with Crippen LogP contribution >= 0.6 is 36.4 Å². The molecule has 0 aliphatic heterocycles. The first-order chi connectivity index (χ1) is 11.8. The summed E-state index contributed by atoms with van der Waals surface area (Å²) < 4.78 is 5.59. The van der Waals surface area contributed by atoms with E-state index in [9.17, 15) is 0 Å². The number of rotatable bonds is 4. The number of methoxy groups -OCH3 is 1. The fourth-order valence-electron chi connectivity index (χ4n) is 2.40. The van der Waals surface area contributed by atoms with Gasteiger partial charge in [-0.3, -0.25) is 0 Å². The molecule has 0 saturated heterocycles. The predicted octanol–water partition coefficient (Wildman–Crippen LogP) is 5.14. The van der Waals surface area contributed by atoms with E-state index in [-0.39, 0.29) is 0 Å². The first kappa shape index (κ1) is 19.7. The van der Waals surface area contributed by atoms with Crippen LogP contribution in [0.2, 0.25) is 0 Å². The normalized spacial score (nSPS) is 10.2. The van der Waals surface area contributed by atoms with Crippen molar-refractivity contribution in [3.63, 3.8) is 0 Å². The number of hydrogen-bond acceptors (Lipinski definition) is 1. The molecule has 128 valence electrons. The number of para-hydroxylation sites is 1. The fourth-order valence-corrected chi connectivity index (χ4v) is 4.81. The summed E-state index contributed by atoms with van der Waals surface area (Å²) in [6.45, 7) is 0. The Balaban J connectivity index is 0.000000647. The minimum atomic E-state index is -0.598. The van der Waals surface area contributed by atoms with Gasteiger partial charge in [0.1, 0.15) is 5.75 Å². The van der Waals surface area contributed by atoms with Gasteiger partial charge in [0, 0.05) is 5.30 Å². The molecular formula is C19H17Br2NiOP. The van der Waals surface area contributed by atoms with Crippen LogP contribution in [0.5, 0.6) is 5.75 Å². The maximum absolute atomic E-state index is 5.59. The van der Waals surface area contributed by atoms with Crippen LogP contribution in [0.4, 0.5) is 0 Å². The molecule has 0 bridgehead atoms. The molecule has 5 heteroatoms. The van der Waals surface area contributed by atoms with E-state index in [1.165, 1.54) is 26.8 Å². The van der Waals surface area contributed by atoms with Crippen LogP contribution in [-0.4, -0.2) is 7.11 Å². The van der Waals surface area contributed by atoms with Crippen LogP contribution < -0.4 is 20.7 Å². The Morgan fingerprint density at radius 3 is 1.58 bits per heavy atom. The molecule has 0 radical (unpaired) electrons. The van der Waals surface area contributed by atoms with Gasteiger partial charge in [0.15, 0.2) is 0 Å². The third kappa shape index (κ3) is 5.43. The van der Waals surface area contributed by atoms with E-state index >= 15 is 0 Å². The molecule has 0 heterocycles. The van der Waals surface area contributed by atoms with E-state index in [4.69, 9.17) is 4.74 Å². The minimum absolute atomic E-state index is 0.598. The van der Waals surface area contributed by atoms with Crippen LogP contribution in [0, 0.1) is 0 Å². The number of halogens is 2. The van der Waals surface area contributed by atoms with E-state index in [1.54, 1.807) is 7.11 Å². The van der Waals surface area contributed by atoms with Crippen LogP contribution in [0.15, 0.2) is 84.9 Å². The quantitative estimate of drug-likeness (QED) is 0.349. The zero-order valence-corrected chi connectivity index (χ0v) is 18.1. The first-order valence-corrected chi connectivity index (χ1v) is 13.4. The summed E-state index contributed by atoms with van der Waals surface area (Å²) in [5.74, 6) is 0.955. The molecule has 0 saturated carbocycles. The van der Waals surface area contributed by atoms with Crippen molar-refractivity contribution >= 4 is 52.3 Å². The van der Waals surface area contributed by atoms with Crippen molar-refractivity contribution in [2.45, 2.75) is 0 Å². The topological polar surface area (TPSA) is 9.23 Å². The average molecular weight is 511 g/mol. The van der Waals surface area contributed by atoms with Crippen molar-refractivity contribution in [1.82, 2.24) is 0 Å². The van der Waals surface area contributed by atoms with Crippen LogP contribution in [0.1, 0.15) is 0 Å². The Bertz CT molecular complexity index is 686. The van der Waals surface area contributed by atoms with E-state index in [0.29, 0.717) is 0 Å². The number of benzene rings is 3. The Morgan fingerprint density at radius 2 is 1.12 bits per heavy atom. The van der Waals surface area contributed by atoms with Gasteiger partial charge in [0.05, 0.1) is 7.11 Å². The van der Waals surface area contributed by atoms with Gasteiger partial charge in [-0.1, -0.05) is 78.9 Å². The second kappa shape index (κ2) is 11.1. The molecule has 0 atom stereocenters. The van der Waals surface area contributed by atoms with Crippen molar-refractivity contribution in [1.29, 1.82) is 0 Å². The molecule has 0 amide bonds. The van der Waals surface area contributed by atoms with Gasteiger partial charge in [0.2, 0.25) is 0 Å². The Kier molecular flexibility index (Phi) is 9.06. The van der Waals surface area contributed by atoms with E-state index < -0.39 is 7.92 Å². The maximum atomic E-state index is 5.59. The zero-order valence-electron chi connectivity index (χ0n) is 13.0. The summed E-state index contributed by atoms with van der Waals surface area (Å²) in [7, 11) is 2.39. The van der Waals surface area contributed by atoms with Gasteiger partial charge < -0.3 is 4.74 Å². The van der Waals surface area contributed by atoms with Gasteiger partial charge in [-0.2, -0.15) is 0 Å². The Labute approximate surface area is 164 Å². The Morgan fingerprint density at radius 1 is 0.708 bits per heavy atom. The molecule has 0 N–H and O–H groups in total. The molecular weight excluding hydrogens is 494 g/mol. The molecule has 3 aromatic carbocycles. The van der Waals surface area contributed by atoms with Crippen LogP contribution in [-0.2, 0) is 10.9 Å². The van der Waals surface area contributed by atoms with Crippen molar-refractivity contribution in [3.8, 4) is 5.75 Å². The van der Waals surface area contributed by atoms with Crippen LogP contribution in [0.3, 0.4) is 0 Å². The van der Waals surface area contributed by atoms with Crippen LogP contribution in [0.25, 0.3) is 0 Å². The average Bonchev–Trinajstić information content (AvgIpc) is 2.65. The third-order valence-electron chi connectivity index (χ3n) is 3.35. The second-order valence-corrected chi connectivity index (χ2v) is 11.9. The molecule has 3 rings (SSSR count). The SMILES string of the molecule is COc1ccccc1P(c1ccccc1)c1ccccc1.[Br][Ni][Br]. The van der Waals surface area contributed by atoms with Gasteiger partial charge in [0.25, 0.3) is 0 Å². The molecule has 0 spiro atoms. The molecule has 0 aliphatic carbocycles. The van der Waals surface area contributed by atoms with E-state index in [1.807, 2.05) is 12.1 Å². The van der Waals surface area contributed by atoms with Gasteiger partial charge in [-0.05, 0) is 24.6 Å². The van der Waals surface area contributed by atoms with Crippen molar-refractivity contribution < 1.29 is 15.6 Å². The summed E-state index contributed by atoms with van der Waals surface area (Å²) in [5.41, 5.74) is 0. The third-order valence-corrected chi connectivity index (χ3v) is 5.84. The van der Waals surface area contributed by atoms with Crippen molar-refractivity contribution in [3.05, 3.63) is 84.9 Å². The predicted molar refractivity (Wildman–Crippen MR) is 110 cm³/mol. The molecule has 0 aliphatic rings. The number of ether oxygens (including phenoxy) is 1. The van der Waals surface area contributed by atoms with Crippen molar-refractivity contribution in [2.75, 3.05) is 7.11 Å². The van der Waals surface area contributed by atoms with Gasteiger partial charge in [-0.15, -0.1) is 0 Å². The number of hydrogen-bond donors (Lipinski definition) is 0. The summed E-state index contributed by atoms with van der Waals surface area (Å²) in [4.78, 5) is 0. The molecule has 0 fully saturated rings. The second-order valence-electron chi connectivity index (χ2n) is 4.72. The first-order valence-electron chi connectivity index (χ1n) is 7.17. The standard InChI is InChI=1S/C19H17OP.2BrH.Ni/c1-20-18-14-8-9-15-19(18)21(16-10-4-2-5-11-16)17-12-6-3-7-13-17;;;/h2-15H,1H3;2*1H;/q;;;+2/p-2. The summed E-state index contributed by atoms with van der Waals surface area (Å²) in [6, 6.07) is 29.6. The van der Waals surface area contributed by atoms with Gasteiger partial charge in [-0.25, -0.2) is 0 Å². The zero-order chi connectivity index (χ0) is 17.2. The van der Waals surface area contributed by atoms with Gasteiger partial charge >= 0.3 is 39.3 Å². The summed E-state index contributed by atoms with van der Waals surface area (Å²) in [5, 5.41) is 3.93. The molecule has 3 aromatic rings. The summed E-state index contributed by atoms with van der Waals surface area (Å²) in [6.07, 6.45) is 0. The monoisotopic (exact) mass is 508 g/mol. The molecule has 0 unspecified atom stereocenters. The molecule has 24 heavy (non-hydrogen) atoms. The van der Waals surface area contributed by atoms with E-state index in [2.05, 4.69) is 101 Å². The fraction of sp³-hybridized carbons (Fsp3) is 0.0526. The molecule has 1 nitrogen and oxygen atoms in total. The summed E-state index contributed by atoms with van der Waals surface area (Å²) >= 11 is 6.00. The Hall–Kier alpha value is -0.656. The molecule has 0 aromatic heterocycles.